The van der Waals surface area contributed by atoms with E-state index in [4.69, 9.17) is 4.74 Å². The molecular weight excluding hydrogens is 300 g/mol. The first kappa shape index (κ1) is 20.2. The van der Waals surface area contributed by atoms with Crippen molar-refractivity contribution in [1.29, 1.82) is 0 Å². The SMILES string of the molecule is CC(C)c1ccc(C(C)NC/C=C/CNC(=O)OC(C)(C)C)cc1. The minimum absolute atomic E-state index is 0.287. The average molecular weight is 332 g/mol. The van der Waals surface area contributed by atoms with Gasteiger partial charge in [0.2, 0.25) is 0 Å². The molecule has 4 heteroatoms. The molecular formula is C20H32N2O2. The Labute approximate surface area is 146 Å². The summed E-state index contributed by atoms with van der Waals surface area (Å²) in [6.07, 6.45) is 3.54. The van der Waals surface area contributed by atoms with Gasteiger partial charge in [-0.05, 0) is 44.7 Å². The topological polar surface area (TPSA) is 50.4 Å². The van der Waals surface area contributed by atoms with E-state index in [-0.39, 0.29) is 6.04 Å². The van der Waals surface area contributed by atoms with Gasteiger partial charge >= 0.3 is 6.09 Å². The fourth-order valence-corrected chi connectivity index (χ4v) is 2.16. The van der Waals surface area contributed by atoms with Gasteiger partial charge in [-0.2, -0.15) is 0 Å². The van der Waals surface area contributed by atoms with E-state index in [9.17, 15) is 4.79 Å². The molecule has 1 aromatic rings. The Balaban J connectivity index is 2.27. The second-order valence-corrected chi connectivity index (χ2v) is 7.31. The maximum absolute atomic E-state index is 11.5. The molecule has 1 aromatic carbocycles. The van der Waals surface area contributed by atoms with Crippen LogP contribution in [-0.2, 0) is 4.74 Å². The number of carbonyl (C=O) groups excluding carboxylic acids is 1. The zero-order valence-corrected chi connectivity index (χ0v) is 15.8. The number of ether oxygens (including phenoxy) is 1. The van der Waals surface area contributed by atoms with Crippen molar-refractivity contribution in [1.82, 2.24) is 10.6 Å². The lowest BCUT2D eigenvalue weighted by Gasteiger charge is -2.19. The normalized spacial score (nSPS) is 13.3. The molecule has 0 radical (unpaired) electrons. The molecule has 0 bridgehead atoms. The van der Waals surface area contributed by atoms with E-state index in [2.05, 4.69) is 55.7 Å². The molecule has 24 heavy (non-hydrogen) atoms. The van der Waals surface area contributed by atoms with Crippen molar-refractivity contribution in [2.75, 3.05) is 13.1 Å². The van der Waals surface area contributed by atoms with Crippen LogP contribution >= 0.6 is 0 Å². The minimum Gasteiger partial charge on any atom is -0.444 e. The van der Waals surface area contributed by atoms with Crippen LogP contribution < -0.4 is 10.6 Å². The maximum atomic E-state index is 11.5. The van der Waals surface area contributed by atoms with Crippen LogP contribution in [0.3, 0.4) is 0 Å². The van der Waals surface area contributed by atoms with E-state index < -0.39 is 11.7 Å². The van der Waals surface area contributed by atoms with Gasteiger partial charge in [0.25, 0.3) is 0 Å². The molecule has 0 aliphatic carbocycles. The standard InChI is InChI=1S/C20H32N2O2/c1-15(2)17-9-11-18(12-10-17)16(3)21-13-7-8-14-22-19(23)24-20(4,5)6/h7-12,15-16,21H,13-14H2,1-6H3,(H,22,23)/b8-7+. The first-order valence-electron chi connectivity index (χ1n) is 8.64. The number of alkyl carbamates (subject to hydrolysis) is 1. The Morgan fingerprint density at radius 2 is 1.58 bits per heavy atom. The first-order chi connectivity index (χ1) is 11.2. The van der Waals surface area contributed by atoms with Gasteiger partial charge in [-0.1, -0.05) is 50.3 Å². The highest BCUT2D eigenvalue weighted by Crippen LogP contribution is 2.18. The summed E-state index contributed by atoms with van der Waals surface area (Å²) in [5.74, 6) is 0.558. The van der Waals surface area contributed by atoms with Gasteiger partial charge in [-0.15, -0.1) is 0 Å². The summed E-state index contributed by atoms with van der Waals surface area (Å²) in [6.45, 7) is 13.3. The van der Waals surface area contributed by atoms with E-state index in [1.165, 1.54) is 11.1 Å². The third-order valence-corrected chi connectivity index (χ3v) is 3.57. The molecule has 134 valence electrons. The van der Waals surface area contributed by atoms with E-state index in [0.717, 1.165) is 6.54 Å². The third kappa shape index (κ3) is 8.16. The second kappa shape index (κ2) is 9.48. The van der Waals surface area contributed by atoms with Crippen molar-refractivity contribution >= 4 is 6.09 Å². The van der Waals surface area contributed by atoms with Gasteiger partial charge in [0.15, 0.2) is 0 Å². The largest absolute Gasteiger partial charge is 0.444 e. The Morgan fingerprint density at radius 3 is 2.12 bits per heavy atom. The van der Waals surface area contributed by atoms with E-state index >= 15 is 0 Å². The fourth-order valence-electron chi connectivity index (χ4n) is 2.16. The highest BCUT2D eigenvalue weighted by Gasteiger charge is 2.14. The lowest BCUT2D eigenvalue weighted by atomic mass is 10.00. The van der Waals surface area contributed by atoms with E-state index in [1.807, 2.05) is 32.9 Å². The third-order valence-electron chi connectivity index (χ3n) is 3.57. The molecule has 0 saturated carbocycles. The number of hydrogen-bond donors (Lipinski definition) is 2. The molecule has 0 aliphatic heterocycles. The van der Waals surface area contributed by atoms with Gasteiger partial charge in [0.05, 0.1) is 0 Å². The Kier molecular flexibility index (Phi) is 7.99. The van der Waals surface area contributed by atoms with Crippen LogP contribution in [0.1, 0.15) is 64.6 Å². The van der Waals surface area contributed by atoms with Crippen LogP contribution in [-0.4, -0.2) is 24.8 Å². The van der Waals surface area contributed by atoms with E-state index in [1.54, 1.807) is 0 Å². The summed E-state index contributed by atoms with van der Waals surface area (Å²) in [5, 5.41) is 6.14. The summed E-state index contributed by atoms with van der Waals surface area (Å²) < 4.78 is 5.17. The van der Waals surface area contributed by atoms with Crippen LogP contribution in [0.25, 0.3) is 0 Å². The monoisotopic (exact) mass is 332 g/mol. The van der Waals surface area contributed by atoms with Gasteiger partial charge in [-0.25, -0.2) is 4.79 Å². The number of carbonyl (C=O) groups is 1. The summed E-state index contributed by atoms with van der Waals surface area (Å²) in [6, 6.07) is 9.04. The van der Waals surface area contributed by atoms with Gasteiger partial charge in [0.1, 0.15) is 5.60 Å². The molecule has 2 N–H and O–H groups in total. The molecule has 0 spiro atoms. The first-order valence-corrected chi connectivity index (χ1v) is 8.64. The summed E-state index contributed by atoms with van der Waals surface area (Å²) in [5.41, 5.74) is 2.18. The fraction of sp³-hybridized carbons (Fsp3) is 0.550. The van der Waals surface area contributed by atoms with E-state index in [0.29, 0.717) is 12.5 Å². The molecule has 1 amide bonds. The predicted molar refractivity (Wildman–Crippen MR) is 100 cm³/mol. The number of nitrogens with one attached hydrogen (secondary N) is 2. The van der Waals surface area contributed by atoms with Crippen LogP contribution in [0, 0.1) is 0 Å². The molecule has 1 unspecified atom stereocenters. The molecule has 0 saturated heterocycles. The quantitative estimate of drug-likeness (QED) is 0.721. The van der Waals surface area contributed by atoms with Gasteiger partial charge < -0.3 is 15.4 Å². The Bertz CT molecular complexity index is 528. The molecule has 0 aliphatic rings. The van der Waals surface area contributed by atoms with Crippen molar-refractivity contribution < 1.29 is 9.53 Å². The zero-order chi connectivity index (χ0) is 18.2. The van der Waals surface area contributed by atoms with Crippen LogP contribution in [0.4, 0.5) is 4.79 Å². The zero-order valence-electron chi connectivity index (χ0n) is 15.8. The highest BCUT2D eigenvalue weighted by atomic mass is 16.6. The van der Waals surface area contributed by atoms with Gasteiger partial charge in [0, 0.05) is 19.1 Å². The van der Waals surface area contributed by atoms with Crippen molar-refractivity contribution in [3.8, 4) is 0 Å². The summed E-state index contributed by atoms with van der Waals surface area (Å²) >= 11 is 0. The smallest absolute Gasteiger partial charge is 0.407 e. The summed E-state index contributed by atoms with van der Waals surface area (Å²) in [7, 11) is 0. The molecule has 1 atom stereocenters. The minimum atomic E-state index is -0.462. The van der Waals surface area contributed by atoms with Crippen molar-refractivity contribution in [2.45, 2.75) is 59.1 Å². The number of amides is 1. The van der Waals surface area contributed by atoms with Gasteiger partial charge in [-0.3, -0.25) is 0 Å². The number of benzene rings is 1. The van der Waals surface area contributed by atoms with Crippen molar-refractivity contribution in [3.63, 3.8) is 0 Å². The second-order valence-electron chi connectivity index (χ2n) is 7.31. The number of hydrogen-bond acceptors (Lipinski definition) is 3. The lowest BCUT2D eigenvalue weighted by Crippen LogP contribution is -2.32. The van der Waals surface area contributed by atoms with Crippen LogP contribution in [0.2, 0.25) is 0 Å². The molecule has 1 rings (SSSR count). The Hall–Kier alpha value is -1.81. The molecule has 0 heterocycles. The number of rotatable bonds is 7. The average Bonchev–Trinajstić information content (AvgIpc) is 2.48. The highest BCUT2D eigenvalue weighted by molar-refractivity contribution is 5.67. The van der Waals surface area contributed by atoms with Crippen molar-refractivity contribution in [3.05, 3.63) is 47.5 Å². The summed E-state index contributed by atoms with van der Waals surface area (Å²) in [4.78, 5) is 11.5. The molecule has 0 aromatic heterocycles. The molecule has 4 nitrogen and oxygen atoms in total. The lowest BCUT2D eigenvalue weighted by molar-refractivity contribution is 0.0534. The molecule has 0 fully saturated rings. The van der Waals surface area contributed by atoms with Crippen LogP contribution in [0.5, 0.6) is 0 Å². The Morgan fingerprint density at radius 1 is 1.04 bits per heavy atom. The maximum Gasteiger partial charge on any atom is 0.407 e. The predicted octanol–water partition coefficient (Wildman–Crippen LogP) is 4.54. The van der Waals surface area contributed by atoms with Crippen molar-refractivity contribution in [2.24, 2.45) is 0 Å². The van der Waals surface area contributed by atoms with Crippen LogP contribution in [0.15, 0.2) is 36.4 Å².